The van der Waals surface area contributed by atoms with Gasteiger partial charge in [-0.2, -0.15) is 0 Å². The van der Waals surface area contributed by atoms with E-state index in [9.17, 15) is 9.59 Å². The Bertz CT molecular complexity index is 1110. The molecule has 7 heteroatoms. The second-order valence-corrected chi connectivity index (χ2v) is 8.38. The van der Waals surface area contributed by atoms with Gasteiger partial charge in [0.15, 0.2) is 0 Å². The van der Waals surface area contributed by atoms with Gasteiger partial charge >= 0.3 is 11.3 Å². The van der Waals surface area contributed by atoms with Crippen LogP contribution in [0.1, 0.15) is 44.8 Å². The second-order valence-electron chi connectivity index (χ2n) is 7.30. The predicted molar refractivity (Wildman–Crippen MR) is 118 cm³/mol. The lowest BCUT2D eigenvalue weighted by Gasteiger charge is -2.31. The zero-order valence-electron chi connectivity index (χ0n) is 17.2. The summed E-state index contributed by atoms with van der Waals surface area (Å²) in [7, 11) is 0. The number of hydrogen-bond donors (Lipinski definition) is 1. The standard InChI is InChI=1S/C23H24N4O2S/c1-3-4-10-15-30-23-24-21(29)20-18-13-8-9-14-19(18)26(16(2)28)22(27(20)25-23)17-11-6-5-7-12-17/h5-9,11-14,22H,3-4,10,15H2,1-2H3/p+1/t22-/m0/s1. The van der Waals surface area contributed by atoms with Crippen LogP contribution in [-0.2, 0) is 4.79 Å². The molecule has 2 aromatic carbocycles. The Morgan fingerprint density at radius 2 is 1.87 bits per heavy atom. The Kier molecular flexibility index (Phi) is 5.99. The number of unbranched alkanes of at least 4 members (excludes halogenated alkanes) is 2. The van der Waals surface area contributed by atoms with Gasteiger partial charge in [-0.15, -0.1) is 0 Å². The summed E-state index contributed by atoms with van der Waals surface area (Å²) in [6.45, 7) is 3.71. The number of aromatic nitrogens is 3. The molecular formula is C23H25N4O2S+. The van der Waals surface area contributed by atoms with Crippen molar-refractivity contribution in [3.63, 3.8) is 0 Å². The van der Waals surface area contributed by atoms with Crippen LogP contribution in [0.2, 0.25) is 0 Å². The van der Waals surface area contributed by atoms with Crippen molar-refractivity contribution in [2.75, 3.05) is 10.7 Å². The van der Waals surface area contributed by atoms with E-state index < -0.39 is 6.17 Å². The number of benzene rings is 2. The molecule has 1 aliphatic heterocycles. The zero-order valence-corrected chi connectivity index (χ0v) is 18.0. The van der Waals surface area contributed by atoms with Crippen molar-refractivity contribution in [1.82, 2.24) is 10.1 Å². The van der Waals surface area contributed by atoms with E-state index in [2.05, 4.69) is 11.9 Å². The highest BCUT2D eigenvalue weighted by atomic mass is 32.2. The molecule has 1 amide bonds. The number of thioether (sulfide) groups is 1. The van der Waals surface area contributed by atoms with Crippen molar-refractivity contribution in [1.29, 1.82) is 0 Å². The van der Waals surface area contributed by atoms with E-state index in [1.54, 1.807) is 28.3 Å². The number of carbonyl (C=O) groups is 1. The first-order valence-corrected chi connectivity index (χ1v) is 11.2. The number of aromatic amines is 1. The number of rotatable bonds is 6. The maximum atomic E-state index is 13.2. The van der Waals surface area contributed by atoms with Crippen molar-refractivity contribution in [2.24, 2.45) is 0 Å². The lowest BCUT2D eigenvalue weighted by Crippen LogP contribution is -2.60. The van der Waals surface area contributed by atoms with Crippen LogP contribution < -0.4 is 15.1 Å². The summed E-state index contributed by atoms with van der Waals surface area (Å²) in [4.78, 5) is 30.6. The molecule has 0 radical (unpaired) electrons. The third-order valence-electron chi connectivity index (χ3n) is 5.18. The lowest BCUT2D eigenvalue weighted by molar-refractivity contribution is -0.763. The Morgan fingerprint density at radius 3 is 2.60 bits per heavy atom. The van der Waals surface area contributed by atoms with E-state index in [0.29, 0.717) is 16.4 Å². The van der Waals surface area contributed by atoms with Crippen molar-refractivity contribution in [2.45, 2.75) is 44.4 Å². The van der Waals surface area contributed by atoms with Crippen molar-refractivity contribution in [3.05, 3.63) is 70.5 Å². The van der Waals surface area contributed by atoms with Crippen LogP contribution >= 0.6 is 11.8 Å². The number of carbonyl (C=O) groups excluding carboxylic acids is 1. The number of anilines is 1. The molecule has 1 N–H and O–H groups in total. The van der Waals surface area contributed by atoms with Gasteiger partial charge in [0.25, 0.3) is 6.17 Å². The fraction of sp³-hybridized carbons (Fsp3) is 0.304. The highest BCUT2D eigenvalue weighted by molar-refractivity contribution is 7.99. The van der Waals surface area contributed by atoms with Crippen LogP contribution in [0.3, 0.4) is 0 Å². The largest absolute Gasteiger partial charge is 0.325 e. The molecule has 0 bridgehead atoms. The number of H-pyrrole nitrogens is 1. The Labute approximate surface area is 180 Å². The topological polar surface area (TPSA) is 69.9 Å². The quantitative estimate of drug-likeness (QED) is 0.372. The van der Waals surface area contributed by atoms with Gasteiger partial charge in [-0.25, -0.2) is 4.90 Å². The molecule has 0 saturated carbocycles. The third-order valence-corrected chi connectivity index (χ3v) is 6.13. The minimum Gasteiger partial charge on any atom is -0.291 e. The molecular weight excluding hydrogens is 396 g/mol. The van der Waals surface area contributed by atoms with Crippen LogP contribution in [0, 0.1) is 0 Å². The minimum absolute atomic E-state index is 0.103. The third kappa shape index (κ3) is 3.77. The van der Waals surface area contributed by atoms with E-state index in [4.69, 9.17) is 5.10 Å². The van der Waals surface area contributed by atoms with E-state index in [1.807, 2.05) is 54.6 Å². The summed E-state index contributed by atoms with van der Waals surface area (Å²) in [6.07, 6.45) is 2.83. The smallest absolute Gasteiger partial charge is 0.291 e. The monoisotopic (exact) mass is 421 g/mol. The number of hydrogen-bond acceptors (Lipinski definition) is 4. The average molecular weight is 422 g/mol. The fourth-order valence-electron chi connectivity index (χ4n) is 3.82. The molecule has 3 aromatic rings. The molecule has 1 aromatic heterocycles. The molecule has 30 heavy (non-hydrogen) atoms. The maximum Gasteiger partial charge on any atom is 0.325 e. The zero-order chi connectivity index (χ0) is 21.1. The van der Waals surface area contributed by atoms with Crippen molar-refractivity contribution >= 4 is 23.4 Å². The van der Waals surface area contributed by atoms with Gasteiger partial charge in [-0.3, -0.25) is 14.6 Å². The summed E-state index contributed by atoms with van der Waals surface area (Å²) in [5.74, 6) is 0.785. The summed E-state index contributed by atoms with van der Waals surface area (Å²) < 4.78 is 1.71. The molecule has 0 aliphatic carbocycles. The average Bonchev–Trinajstić information content (AvgIpc) is 2.76. The number of nitrogens with zero attached hydrogens (tertiary/aromatic N) is 3. The van der Waals surface area contributed by atoms with Gasteiger partial charge in [0.05, 0.1) is 11.3 Å². The molecule has 0 unspecified atom stereocenters. The normalized spacial score (nSPS) is 14.9. The van der Waals surface area contributed by atoms with Crippen LogP contribution in [0.4, 0.5) is 5.69 Å². The van der Waals surface area contributed by atoms with Crippen LogP contribution in [0.25, 0.3) is 11.3 Å². The van der Waals surface area contributed by atoms with E-state index in [1.165, 1.54) is 0 Å². The van der Waals surface area contributed by atoms with Crippen molar-refractivity contribution in [3.8, 4) is 11.3 Å². The number of nitrogens with one attached hydrogen (secondary N) is 1. The molecule has 2 heterocycles. The van der Waals surface area contributed by atoms with E-state index in [0.717, 1.165) is 36.3 Å². The van der Waals surface area contributed by atoms with Gasteiger partial charge in [0.2, 0.25) is 11.1 Å². The molecule has 0 fully saturated rings. The summed E-state index contributed by atoms with van der Waals surface area (Å²) >= 11 is 1.54. The number of para-hydroxylation sites is 1. The Morgan fingerprint density at radius 1 is 1.13 bits per heavy atom. The molecule has 1 aliphatic rings. The molecule has 4 rings (SSSR count). The van der Waals surface area contributed by atoms with E-state index in [-0.39, 0.29) is 11.5 Å². The lowest BCUT2D eigenvalue weighted by atomic mass is 10.0. The molecule has 154 valence electrons. The molecule has 0 saturated heterocycles. The summed E-state index contributed by atoms with van der Waals surface area (Å²) in [5, 5.41) is 5.36. The molecule has 0 spiro atoms. The van der Waals surface area contributed by atoms with Crippen LogP contribution in [-0.4, -0.2) is 21.7 Å². The maximum absolute atomic E-state index is 13.2. The number of amides is 1. The summed E-state index contributed by atoms with van der Waals surface area (Å²) in [6, 6.07) is 17.2. The van der Waals surface area contributed by atoms with Gasteiger partial charge in [0.1, 0.15) is 0 Å². The SMILES string of the molecule is CCCCCSc1n[n+]2c(c(=O)[nH]1)-c1ccccc1N(C(C)=O)[C@@H]2c1ccccc1. The number of fused-ring (bicyclic) bond motifs is 3. The van der Waals surface area contributed by atoms with Crippen molar-refractivity contribution < 1.29 is 9.48 Å². The first kappa shape index (κ1) is 20.3. The second kappa shape index (κ2) is 8.83. The highest BCUT2D eigenvalue weighted by Gasteiger charge is 2.44. The fourth-order valence-corrected chi connectivity index (χ4v) is 4.68. The Balaban J connectivity index is 1.90. The molecule has 1 atom stereocenters. The highest BCUT2D eigenvalue weighted by Crippen LogP contribution is 2.37. The van der Waals surface area contributed by atoms with Gasteiger partial charge < -0.3 is 0 Å². The van der Waals surface area contributed by atoms with Gasteiger partial charge in [-0.1, -0.05) is 74.0 Å². The minimum atomic E-state index is -0.522. The van der Waals surface area contributed by atoms with Gasteiger partial charge in [-0.05, 0) is 23.2 Å². The van der Waals surface area contributed by atoms with Crippen LogP contribution in [0.15, 0.2) is 64.5 Å². The van der Waals surface area contributed by atoms with E-state index >= 15 is 0 Å². The molecule has 6 nitrogen and oxygen atoms in total. The predicted octanol–water partition coefficient (Wildman–Crippen LogP) is 3.92. The first-order valence-electron chi connectivity index (χ1n) is 10.2. The Hall–Kier alpha value is -2.93. The first-order chi connectivity index (χ1) is 14.6. The summed E-state index contributed by atoms with van der Waals surface area (Å²) in [5.41, 5.74) is 2.59. The van der Waals surface area contributed by atoms with Crippen LogP contribution in [0.5, 0.6) is 0 Å². The van der Waals surface area contributed by atoms with Gasteiger partial charge in [0, 0.05) is 23.3 Å².